The maximum Gasteiger partial charge on any atom is 0.431 e. The number of aromatic nitrogens is 1. The molecular weight excluding hydrogens is 320 g/mol. The van der Waals surface area contributed by atoms with E-state index in [2.05, 4.69) is 10.1 Å². The molecule has 0 aliphatic carbocycles. The molecule has 1 aliphatic rings. The number of anilines is 1. The fraction of sp³-hybridized carbons (Fsp3) is 0.455. The van der Waals surface area contributed by atoms with Gasteiger partial charge in [0.25, 0.3) is 0 Å². The lowest BCUT2D eigenvalue weighted by Gasteiger charge is -2.27. The molecule has 3 unspecified atom stereocenters. The van der Waals surface area contributed by atoms with E-state index in [0.717, 1.165) is 6.20 Å². The highest BCUT2D eigenvalue weighted by atomic mass is 19.4. The van der Waals surface area contributed by atoms with Gasteiger partial charge in [-0.25, -0.2) is 5.01 Å². The van der Waals surface area contributed by atoms with Crippen LogP contribution >= 0.6 is 0 Å². The van der Waals surface area contributed by atoms with Crippen molar-refractivity contribution in [2.45, 2.75) is 24.7 Å². The van der Waals surface area contributed by atoms with E-state index >= 15 is 0 Å². The van der Waals surface area contributed by atoms with Gasteiger partial charge in [0.1, 0.15) is 0 Å². The molecule has 3 atom stereocenters. The summed E-state index contributed by atoms with van der Waals surface area (Å²) in [6, 6.07) is 2.51. The van der Waals surface area contributed by atoms with Crippen LogP contribution in [0.3, 0.4) is 0 Å². The van der Waals surface area contributed by atoms with Crippen molar-refractivity contribution in [1.29, 1.82) is 0 Å². The second kappa shape index (κ2) is 5.39. The summed E-state index contributed by atoms with van der Waals surface area (Å²) in [5.74, 6) is -2.68. The van der Waals surface area contributed by atoms with Crippen molar-refractivity contribution in [2.24, 2.45) is 11.0 Å². The normalized spacial score (nSPS) is 24.4. The molecule has 0 aromatic carbocycles. The van der Waals surface area contributed by atoms with Gasteiger partial charge in [0.05, 0.1) is 17.8 Å². The monoisotopic (exact) mass is 329 g/mol. The molecule has 0 saturated heterocycles. The van der Waals surface area contributed by atoms with E-state index < -0.39 is 36.3 Å². The smallest absolute Gasteiger partial charge is 0.383 e. The number of halogens is 6. The van der Waals surface area contributed by atoms with E-state index in [-0.39, 0.29) is 5.69 Å². The summed E-state index contributed by atoms with van der Waals surface area (Å²) in [4.78, 5) is 3.58. The molecule has 0 saturated carbocycles. The van der Waals surface area contributed by atoms with Crippen molar-refractivity contribution in [3.05, 3.63) is 24.5 Å². The molecule has 2 N–H and O–H groups in total. The number of pyridine rings is 1. The summed E-state index contributed by atoms with van der Waals surface area (Å²) in [6.07, 6.45) is -14.0. The first-order valence-corrected chi connectivity index (χ1v) is 5.81. The van der Waals surface area contributed by atoms with Crippen LogP contribution < -0.4 is 5.01 Å². The average Bonchev–Trinajstić information content (AvgIpc) is 2.75. The van der Waals surface area contributed by atoms with Crippen molar-refractivity contribution in [3.8, 4) is 0 Å². The Balaban J connectivity index is 2.45. The molecule has 1 aliphatic heterocycles. The summed E-state index contributed by atoms with van der Waals surface area (Å²) in [5, 5.41) is 22.3. The van der Waals surface area contributed by atoms with Crippen LogP contribution in [0.15, 0.2) is 29.6 Å². The summed E-state index contributed by atoms with van der Waals surface area (Å²) < 4.78 is 76.2. The Bertz CT molecular complexity index is 559. The van der Waals surface area contributed by atoms with Crippen LogP contribution in [0.5, 0.6) is 0 Å². The van der Waals surface area contributed by atoms with Gasteiger partial charge in [-0.15, -0.1) is 0 Å². The van der Waals surface area contributed by atoms with Gasteiger partial charge in [-0.3, -0.25) is 4.98 Å². The van der Waals surface area contributed by atoms with Gasteiger partial charge in [-0.2, -0.15) is 31.4 Å². The van der Waals surface area contributed by atoms with Crippen LogP contribution in [0.25, 0.3) is 0 Å². The van der Waals surface area contributed by atoms with Crippen molar-refractivity contribution in [1.82, 2.24) is 4.98 Å². The van der Waals surface area contributed by atoms with E-state index in [4.69, 9.17) is 5.11 Å². The second-order valence-corrected chi connectivity index (χ2v) is 4.46. The predicted molar refractivity (Wildman–Crippen MR) is 61.8 cm³/mol. The van der Waals surface area contributed by atoms with Crippen LogP contribution in [0.4, 0.5) is 32.0 Å². The fourth-order valence-corrected chi connectivity index (χ4v) is 2.00. The lowest BCUT2D eigenvalue weighted by atomic mass is 9.94. The van der Waals surface area contributed by atoms with Gasteiger partial charge in [0.15, 0.2) is 18.0 Å². The maximum atomic E-state index is 12.9. The van der Waals surface area contributed by atoms with Gasteiger partial charge < -0.3 is 10.2 Å². The zero-order valence-electron chi connectivity index (χ0n) is 10.5. The molecule has 0 spiro atoms. The lowest BCUT2D eigenvalue weighted by Crippen LogP contribution is -2.49. The Morgan fingerprint density at radius 3 is 2.27 bits per heavy atom. The topological polar surface area (TPSA) is 69.0 Å². The van der Waals surface area contributed by atoms with Crippen LogP contribution in [-0.4, -0.2) is 45.6 Å². The summed E-state index contributed by atoms with van der Waals surface area (Å²) >= 11 is 0. The van der Waals surface area contributed by atoms with Crippen molar-refractivity contribution < 1.29 is 36.6 Å². The highest BCUT2D eigenvalue weighted by molar-refractivity contribution is 5.95. The van der Waals surface area contributed by atoms with Gasteiger partial charge in [0.2, 0.25) is 0 Å². The van der Waals surface area contributed by atoms with E-state index in [9.17, 15) is 31.4 Å². The number of aliphatic hydroxyl groups excluding tert-OH is 2. The highest BCUT2D eigenvalue weighted by Crippen LogP contribution is 2.39. The first-order chi connectivity index (χ1) is 10.0. The third kappa shape index (κ3) is 2.99. The third-order valence-corrected chi connectivity index (χ3v) is 2.98. The van der Waals surface area contributed by atoms with E-state index in [1.807, 2.05) is 0 Å². The minimum absolute atomic E-state index is 0.145. The molecule has 1 aromatic heterocycles. The number of hydrazone groups is 1. The summed E-state index contributed by atoms with van der Waals surface area (Å²) in [7, 11) is 0. The number of nitrogens with zero attached hydrogens (tertiary/aromatic N) is 3. The molecule has 11 heteroatoms. The molecule has 0 bridgehead atoms. The zero-order chi connectivity index (χ0) is 16.7. The zero-order valence-corrected chi connectivity index (χ0v) is 10.5. The number of alkyl halides is 6. The molecule has 0 fully saturated rings. The Labute approximate surface area is 119 Å². The SMILES string of the molecule is OC1C(C(O)C(F)(F)F)C(C(F)(F)F)=NN1c1cccnc1. The third-order valence-electron chi connectivity index (χ3n) is 2.98. The minimum atomic E-state index is -5.34. The quantitative estimate of drug-likeness (QED) is 0.810. The molecule has 5 nitrogen and oxygen atoms in total. The van der Waals surface area contributed by atoms with Crippen LogP contribution in [0.2, 0.25) is 0 Å². The molecule has 122 valence electrons. The predicted octanol–water partition coefficient (Wildman–Crippen LogP) is 1.68. The first-order valence-electron chi connectivity index (χ1n) is 5.81. The number of hydrogen-bond donors (Lipinski definition) is 2. The minimum Gasteiger partial charge on any atom is -0.383 e. The van der Waals surface area contributed by atoms with E-state index in [1.54, 1.807) is 0 Å². The van der Waals surface area contributed by atoms with E-state index in [0.29, 0.717) is 5.01 Å². The van der Waals surface area contributed by atoms with Crippen LogP contribution in [0, 0.1) is 5.92 Å². The lowest BCUT2D eigenvalue weighted by molar-refractivity contribution is -0.221. The second-order valence-electron chi connectivity index (χ2n) is 4.46. The average molecular weight is 329 g/mol. The summed E-state index contributed by atoms with van der Waals surface area (Å²) in [6.45, 7) is 0. The van der Waals surface area contributed by atoms with Crippen molar-refractivity contribution in [2.75, 3.05) is 5.01 Å². The Morgan fingerprint density at radius 2 is 1.82 bits per heavy atom. The Kier molecular flexibility index (Phi) is 4.04. The highest BCUT2D eigenvalue weighted by Gasteiger charge is 2.58. The standard InChI is InChI=1S/C11H9F6N3O2/c12-10(13,14)7-6(8(21)11(15,16)17)9(22)20(19-7)5-2-1-3-18-4-5/h1-4,6,8-9,21-22H. The molecule has 2 heterocycles. The molecular formula is C11H9F6N3O2. The Hall–Kier alpha value is -1.88. The first kappa shape index (κ1) is 16.5. The number of hydrogen-bond acceptors (Lipinski definition) is 5. The van der Waals surface area contributed by atoms with Gasteiger partial charge in [-0.05, 0) is 12.1 Å². The van der Waals surface area contributed by atoms with Crippen molar-refractivity contribution >= 4 is 11.4 Å². The summed E-state index contributed by atoms with van der Waals surface area (Å²) in [5.41, 5.74) is -2.05. The number of aliphatic hydroxyl groups is 2. The van der Waals surface area contributed by atoms with Crippen LogP contribution in [0.1, 0.15) is 0 Å². The fourth-order valence-electron chi connectivity index (χ4n) is 2.00. The largest absolute Gasteiger partial charge is 0.431 e. The van der Waals surface area contributed by atoms with E-state index in [1.165, 1.54) is 18.3 Å². The van der Waals surface area contributed by atoms with Gasteiger partial charge >= 0.3 is 12.4 Å². The molecule has 0 amide bonds. The van der Waals surface area contributed by atoms with Crippen molar-refractivity contribution in [3.63, 3.8) is 0 Å². The maximum absolute atomic E-state index is 12.9. The molecule has 22 heavy (non-hydrogen) atoms. The molecule has 1 aromatic rings. The van der Waals surface area contributed by atoms with Gasteiger partial charge in [0, 0.05) is 6.20 Å². The number of rotatable bonds is 2. The Morgan fingerprint density at radius 1 is 1.18 bits per heavy atom. The molecule has 0 radical (unpaired) electrons. The molecule has 2 rings (SSSR count). The van der Waals surface area contributed by atoms with Gasteiger partial charge in [-0.1, -0.05) is 0 Å². The van der Waals surface area contributed by atoms with Crippen LogP contribution in [-0.2, 0) is 0 Å².